The molecule has 6 nitrogen and oxygen atoms in total. The Morgan fingerprint density at radius 2 is 1.86 bits per heavy atom. The highest BCUT2D eigenvalue weighted by atomic mass is 16.5. The van der Waals surface area contributed by atoms with Crippen LogP contribution in [0.2, 0.25) is 0 Å². The third kappa shape index (κ3) is 5.40. The maximum Gasteiger partial charge on any atom is 0.329 e. The van der Waals surface area contributed by atoms with Crippen molar-refractivity contribution in [2.24, 2.45) is 0 Å². The van der Waals surface area contributed by atoms with Gasteiger partial charge in [0.25, 0.3) is 11.8 Å². The molecule has 0 aromatic heterocycles. The normalized spacial score (nSPS) is 12.6. The van der Waals surface area contributed by atoms with E-state index in [0.29, 0.717) is 12.1 Å². The first-order valence-electron chi connectivity index (χ1n) is 6.90. The minimum Gasteiger partial charge on any atom is -0.451 e. The van der Waals surface area contributed by atoms with Crippen molar-refractivity contribution in [2.75, 3.05) is 6.54 Å². The number of carbonyl (C=O) groups excluding carboxylic acids is 3. The second kappa shape index (κ2) is 8.61. The summed E-state index contributed by atoms with van der Waals surface area (Å²) in [5, 5.41) is 5.04. The van der Waals surface area contributed by atoms with Crippen LogP contribution in [-0.2, 0) is 14.3 Å². The van der Waals surface area contributed by atoms with Crippen LogP contribution in [0.5, 0.6) is 0 Å². The monoisotopic (exact) mass is 304 g/mol. The summed E-state index contributed by atoms with van der Waals surface area (Å²) in [6.07, 6.45) is 0.582. The van der Waals surface area contributed by atoms with Crippen LogP contribution in [-0.4, -0.2) is 36.5 Å². The number of benzene rings is 1. The molecule has 1 aromatic rings. The van der Waals surface area contributed by atoms with Gasteiger partial charge in [0.05, 0.1) is 0 Å². The van der Waals surface area contributed by atoms with Crippen molar-refractivity contribution in [3.8, 4) is 0 Å². The Hall–Kier alpha value is -2.63. The molecule has 118 valence electrons. The third-order valence-corrected chi connectivity index (χ3v) is 2.82. The van der Waals surface area contributed by atoms with E-state index in [4.69, 9.17) is 4.74 Å². The Bertz CT molecular complexity index is 542. The number of amides is 2. The lowest BCUT2D eigenvalue weighted by atomic mass is 10.2. The smallest absolute Gasteiger partial charge is 0.329 e. The molecule has 6 heteroatoms. The molecule has 22 heavy (non-hydrogen) atoms. The summed E-state index contributed by atoms with van der Waals surface area (Å²) in [4.78, 5) is 35.4. The Balaban J connectivity index is 2.49. The molecule has 1 rings (SSSR count). The van der Waals surface area contributed by atoms with Gasteiger partial charge in [-0.05, 0) is 26.0 Å². The van der Waals surface area contributed by atoms with Gasteiger partial charge in [-0.1, -0.05) is 24.3 Å². The van der Waals surface area contributed by atoms with E-state index >= 15 is 0 Å². The van der Waals surface area contributed by atoms with Crippen LogP contribution in [0.1, 0.15) is 24.2 Å². The molecule has 0 aliphatic carbocycles. The van der Waals surface area contributed by atoms with E-state index in [9.17, 15) is 14.4 Å². The zero-order valence-electron chi connectivity index (χ0n) is 12.7. The minimum atomic E-state index is -0.941. The van der Waals surface area contributed by atoms with Crippen LogP contribution in [0.4, 0.5) is 0 Å². The quantitative estimate of drug-likeness (QED) is 0.582. The van der Waals surface area contributed by atoms with Gasteiger partial charge in [-0.15, -0.1) is 6.58 Å². The van der Waals surface area contributed by atoms with Crippen molar-refractivity contribution in [3.63, 3.8) is 0 Å². The molecule has 0 radical (unpaired) electrons. The first-order chi connectivity index (χ1) is 10.5. The van der Waals surface area contributed by atoms with Crippen molar-refractivity contribution in [1.82, 2.24) is 10.6 Å². The maximum atomic E-state index is 11.9. The first kappa shape index (κ1) is 17.4. The summed E-state index contributed by atoms with van der Waals surface area (Å²) in [6.45, 7) is 6.72. The minimum absolute atomic E-state index is 0.293. The number of carbonyl (C=O) groups is 3. The second-order valence-electron chi connectivity index (χ2n) is 4.67. The fourth-order valence-corrected chi connectivity index (χ4v) is 1.57. The van der Waals surface area contributed by atoms with Crippen molar-refractivity contribution in [2.45, 2.75) is 26.0 Å². The van der Waals surface area contributed by atoms with Crippen LogP contribution in [0.15, 0.2) is 43.0 Å². The number of hydrogen-bond donors (Lipinski definition) is 2. The van der Waals surface area contributed by atoms with Crippen molar-refractivity contribution in [3.05, 3.63) is 48.6 Å². The summed E-state index contributed by atoms with van der Waals surface area (Å²) in [6, 6.07) is 7.66. The van der Waals surface area contributed by atoms with Crippen LogP contribution in [0, 0.1) is 0 Å². The molecule has 0 aliphatic heterocycles. The standard InChI is InChI=1S/C16H20N2O4/c1-4-10-17-14(19)12(3)22-16(21)11(2)18-15(20)13-8-6-5-7-9-13/h4-9,11-12H,1,10H2,2-3H3,(H,17,19)(H,18,20)/t11-,12-/m0/s1. The maximum absolute atomic E-state index is 11.9. The fourth-order valence-electron chi connectivity index (χ4n) is 1.57. The number of ether oxygens (including phenoxy) is 1. The molecule has 1 aromatic carbocycles. The van der Waals surface area contributed by atoms with E-state index in [-0.39, 0.29) is 5.91 Å². The number of rotatable bonds is 7. The predicted molar refractivity (Wildman–Crippen MR) is 82.1 cm³/mol. The van der Waals surface area contributed by atoms with Crippen LogP contribution in [0.3, 0.4) is 0 Å². The lowest BCUT2D eigenvalue weighted by Crippen LogP contribution is -2.43. The average molecular weight is 304 g/mol. The molecular formula is C16H20N2O4. The SMILES string of the molecule is C=CCNC(=O)[C@H](C)OC(=O)[C@H](C)NC(=O)c1ccccc1. The van der Waals surface area contributed by atoms with Gasteiger partial charge in [0.15, 0.2) is 6.10 Å². The highest BCUT2D eigenvalue weighted by molar-refractivity contribution is 5.96. The first-order valence-corrected chi connectivity index (χ1v) is 6.90. The lowest BCUT2D eigenvalue weighted by molar-refractivity contribution is -0.156. The zero-order chi connectivity index (χ0) is 16.5. The fraction of sp³-hybridized carbons (Fsp3) is 0.312. The van der Waals surface area contributed by atoms with E-state index in [0.717, 1.165) is 0 Å². The second-order valence-corrected chi connectivity index (χ2v) is 4.67. The van der Waals surface area contributed by atoms with E-state index in [1.165, 1.54) is 19.9 Å². The van der Waals surface area contributed by atoms with Crippen molar-refractivity contribution < 1.29 is 19.1 Å². The molecule has 0 saturated carbocycles. The molecule has 0 saturated heterocycles. The van der Waals surface area contributed by atoms with Crippen LogP contribution in [0.25, 0.3) is 0 Å². The van der Waals surface area contributed by atoms with Gasteiger partial charge < -0.3 is 15.4 Å². The summed E-state index contributed by atoms with van der Waals surface area (Å²) in [5.74, 6) is -1.48. The number of hydrogen-bond acceptors (Lipinski definition) is 4. The Morgan fingerprint density at radius 3 is 2.45 bits per heavy atom. The summed E-state index contributed by atoms with van der Waals surface area (Å²) >= 11 is 0. The molecule has 2 atom stereocenters. The summed E-state index contributed by atoms with van der Waals surface area (Å²) in [7, 11) is 0. The van der Waals surface area contributed by atoms with Gasteiger partial charge in [0, 0.05) is 12.1 Å². The van der Waals surface area contributed by atoms with E-state index in [1.54, 1.807) is 30.3 Å². The molecule has 0 bridgehead atoms. The van der Waals surface area contributed by atoms with Gasteiger partial charge >= 0.3 is 5.97 Å². The molecule has 0 unspecified atom stereocenters. The molecule has 0 fully saturated rings. The van der Waals surface area contributed by atoms with Gasteiger partial charge in [-0.2, -0.15) is 0 Å². The average Bonchev–Trinajstić information content (AvgIpc) is 2.52. The topological polar surface area (TPSA) is 84.5 Å². The Labute approximate surface area is 129 Å². The molecule has 0 aliphatic rings. The van der Waals surface area contributed by atoms with Gasteiger partial charge in [0.1, 0.15) is 6.04 Å². The van der Waals surface area contributed by atoms with Gasteiger partial charge in [-0.25, -0.2) is 4.79 Å². The third-order valence-electron chi connectivity index (χ3n) is 2.82. The molecule has 0 heterocycles. The number of esters is 1. The van der Waals surface area contributed by atoms with E-state index < -0.39 is 24.0 Å². The van der Waals surface area contributed by atoms with Crippen LogP contribution < -0.4 is 10.6 Å². The zero-order valence-corrected chi connectivity index (χ0v) is 12.7. The van der Waals surface area contributed by atoms with E-state index in [1.807, 2.05) is 0 Å². The summed E-state index contributed by atoms with van der Waals surface area (Å²) in [5.41, 5.74) is 0.443. The van der Waals surface area contributed by atoms with Crippen molar-refractivity contribution in [1.29, 1.82) is 0 Å². The largest absolute Gasteiger partial charge is 0.451 e. The molecule has 2 amide bonds. The molecule has 0 spiro atoms. The van der Waals surface area contributed by atoms with E-state index in [2.05, 4.69) is 17.2 Å². The van der Waals surface area contributed by atoms with Gasteiger partial charge in [0.2, 0.25) is 0 Å². The predicted octanol–water partition coefficient (Wildman–Crippen LogP) is 1.04. The molecule has 2 N–H and O–H groups in total. The van der Waals surface area contributed by atoms with Crippen LogP contribution >= 0.6 is 0 Å². The van der Waals surface area contributed by atoms with Gasteiger partial charge in [-0.3, -0.25) is 9.59 Å². The molecular weight excluding hydrogens is 284 g/mol. The summed E-state index contributed by atoms with van der Waals surface area (Å²) < 4.78 is 5.01. The van der Waals surface area contributed by atoms with Crippen molar-refractivity contribution >= 4 is 17.8 Å². The Kier molecular flexibility index (Phi) is 6.82. The highest BCUT2D eigenvalue weighted by Crippen LogP contribution is 2.01. The number of nitrogens with one attached hydrogen (secondary N) is 2. The Morgan fingerprint density at radius 1 is 1.23 bits per heavy atom. The lowest BCUT2D eigenvalue weighted by Gasteiger charge is -2.17. The highest BCUT2D eigenvalue weighted by Gasteiger charge is 2.23.